The minimum atomic E-state index is -0.326. The molecule has 8 heteroatoms. The Morgan fingerprint density at radius 2 is 1.84 bits per heavy atom. The summed E-state index contributed by atoms with van der Waals surface area (Å²) in [6.07, 6.45) is 7.05. The number of hydrogen-bond donors (Lipinski definition) is 0. The molecule has 5 rings (SSSR count). The fourth-order valence-corrected chi connectivity index (χ4v) is 5.12. The number of methoxy groups -OCH3 is 1. The fourth-order valence-electron chi connectivity index (χ4n) is 4.69. The third-order valence-corrected chi connectivity index (χ3v) is 7.37. The van der Waals surface area contributed by atoms with Gasteiger partial charge in [-0.25, -0.2) is 9.37 Å². The van der Waals surface area contributed by atoms with Crippen LogP contribution in [0.15, 0.2) is 75.0 Å². The normalized spacial score (nSPS) is 14.4. The Hall–Kier alpha value is -3.52. The Bertz CT molecular complexity index is 1510. The van der Waals surface area contributed by atoms with E-state index in [-0.39, 0.29) is 23.9 Å². The highest BCUT2D eigenvalue weighted by Gasteiger charge is 2.22. The third-order valence-electron chi connectivity index (χ3n) is 6.69. The van der Waals surface area contributed by atoms with Crippen molar-refractivity contribution in [2.45, 2.75) is 44.6 Å². The first-order valence-corrected chi connectivity index (χ1v) is 13.1. The van der Waals surface area contributed by atoms with Gasteiger partial charge in [-0.15, -0.1) is 0 Å². The number of ether oxygens (including phenoxy) is 2. The molecule has 1 heterocycles. The molecule has 1 aliphatic carbocycles. The van der Waals surface area contributed by atoms with E-state index < -0.39 is 0 Å². The van der Waals surface area contributed by atoms with Gasteiger partial charge in [0.25, 0.3) is 5.56 Å². The summed E-state index contributed by atoms with van der Waals surface area (Å²) < 4.78 is 27.5. The first-order chi connectivity index (χ1) is 18.0. The summed E-state index contributed by atoms with van der Waals surface area (Å²) in [5.41, 5.74) is 1.66. The lowest BCUT2D eigenvalue weighted by Gasteiger charge is -2.22. The quantitative estimate of drug-likeness (QED) is 0.231. The van der Waals surface area contributed by atoms with Crippen molar-refractivity contribution < 1.29 is 13.9 Å². The predicted octanol–water partition coefficient (Wildman–Crippen LogP) is 6.82. The average molecular weight is 564 g/mol. The van der Waals surface area contributed by atoms with Crippen molar-refractivity contribution in [1.82, 2.24) is 9.66 Å². The zero-order chi connectivity index (χ0) is 25.8. The number of para-hydroxylation sites is 1. The number of aromatic nitrogens is 2. The first kappa shape index (κ1) is 25.1. The van der Waals surface area contributed by atoms with E-state index in [1.54, 1.807) is 49.7 Å². The van der Waals surface area contributed by atoms with Gasteiger partial charge in [-0.1, -0.05) is 49.6 Å². The highest BCUT2D eigenvalue weighted by atomic mass is 79.9. The number of fused-ring (bicyclic) bond motifs is 1. The van der Waals surface area contributed by atoms with E-state index in [0.29, 0.717) is 43.8 Å². The lowest BCUT2D eigenvalue weighted by molar-refractivity contribution is 0.279. The summed E-state index contributed by atoms with van der Waals surface area (Å²) in [7, 11) is 1.54. The van der Waals surface area contributed by atoms with Crippen molar-refractivity contribution in [1.29, 1.82) is 0 Å². The molecule has 1 aromatic heterocycles. The van der Waals surface area contributed by atoms with Gasteiger partial charge in [0, 0.05) is 21.5 Å². The zero-order valence-corrected chi connectivity index (χ0v) is 22.1. The number of benzene rings is 3. The van der Waals surface area contributed by atoms with Crippen molar-refractivity contribution in [3.05, 3.63) is 98.3 Å². The molecule has 0 aliphatic heterocycles. The van der Waals surface area contributed by atoms with E-state index in [1.165, 1.54) is 17.2 Å². The Kier molecular flexibility index (Phi) is 7.65. The Morgan fingerprint density at radius 3 is 2.62 bits per heavy atom. The van der Waals surface area contributed by atoms with Crippen LogP contribution >= 0.6 is 15.9 Å². The maximum absolute atomic E-state index is 14.0. The molecule has 6 nitrogen and oxygen atoms in total. The van der Waals surface area contributed by atoms with Crippen LogP contribution in [0.5, 0.6) is 11.5 Å². The average Bonchev–Trinajstić information content (AvgIpc) is 2.93. The van der Waals surface area contributed by atoms with Crippen LogP contribution in [0, 0.1) is 5.82 Å². The smallest absolute Gasteiger partial charge is 0.282 e. The third kappa shape index (κ3) is 5.44. The van der Waals surface area contributed by atoms with E-state index in [9.17, 15) is 9.18 Å². The largest absolute Gasteiger partial charge is 0.493 e. The Labute approximate surface area is 222 Å². The van der Waals surface area contributed by atoms with Crippen LogP contribution in [0.2, 0.25) is 0 Å². The van der Waals surface area contributed by atoms with Crippen LogP contribution in [0.4, 0.5) is 4.39 Å². The molecule has 1 fully saturated rings. The summed E-state index contributed by atoms with van der Waals surface area (Å²) in [4.78, 5) is 18.3. The van der Waals surface area contributed by atoms with Crippen LogP contribution in [0.3, 0.4) is 0 Å². The van der Waals surface area contributed by atoms with Crippen LogP contribution in [0.25, 0.3) is 10.9 Å². The maximum Gasteiger partial charge on any atom is 0.282 e. The van der Waals surface area contributed by atoms with Gasteiger partial charge < -0.3 is 9.47 Å². The van der Waals surface area contributed by atoms with Gasteiger partial charge in [0.05, 0.1) is 24.2 Å². The fraction of sp³-hybridized carbons (Fsp3) is 0.276. The summed E-state index contributed by atoms with van der Waals surface area (Å²) in [5, 5.41) is 5.15. The molecule has 1 aliphatic rings. The van der Waals surface area contributed by atoms with Crippen LogP contribution < -0.4 is 15.0 Å². The lowest BCUT2D eigenvalue weighted by Crippen LogP contribution is -2.25. The molecule has 0 radical (unpaired) electrons. The molecule has 0 atom stereocenters. The van der Waals surface area contributed by atoms with Gasteiger partial charge in [-0.05, 0) is 59.1 Å². The van der Waals surface area contributed by atoms with E-state index in [4.69, 9.17) is 14.5 Å². The van der Waals surface area contributed by atoms with Crippen molar-refractivity contribution >= 4 is 33.0 Å². The van der Waals surface area contributed by atoms with Crippen molar-refractivity contribution in [2.24, 2.45) is 5.10 Å². The molecule has 0 saturated heterocycles. The monoisotopic (exact) mass is 563 g/mol. The molecule has 37 heavy (non-hydrogen) atoms. The van der Waals surface area contributed by atoms with Crippen molar-refractivity contribution in [3.63, 3.8) is 0 Å². The first-order valence-electron chi connectivity index (χ1n) is 12.3. The second kappa shape index (κ2) is 11.3. The van der Waals surface area contributed by atoms with Crippen LogP contribution in [-0.2, 0) is 6.61 Å². The zero-order valence-electron chi connectivity index (χ0n) is 20.5. The Balaban J connectivity index is 1.49. The van der Waals surface area contributed by atoms with Gasteiger partial charge in [0.2, 0.25) is 0 Å². The van der Waals surface area contributed by atoms with Gasteiger partial charge in [-0.3, -0.25) is 4.79 Å². The topological polar surface area (TPSA) is 65.7 Å². The minimum Gasteiger partial charge on any atom is -0.493 e. The van der Waals surface area contributed by atoms with Crippen LogP contribution in [0.1, 0.15) is 55.0 Å². The van der Waals surface area contributed by atoms with Gasteiger partial charge in [-0.2, -0.15) is 9.78 Å². The highest BCUT2D eigenvalue weighted by Crippen LogP contribution is 2.34. The highest BCUT2D eigenvalue weighted by molar-refractivity contribution is 9.10. The molecule has 0 amide bonds. The number of hydrogen-bond acceptors (Lipinski definition) is 5. The predicted molar refractivity (Wildman–Crippen MR) is 146 cm³/mol. The minimum absolute atomic E-state index is 0.0613. The van der Waals surface area contributed by atoms with E-state index in [1.807, 2.05) is 18.2 Å². The molecular formula is C29H27BrFN3O3. The molecule has 0 unspecified atom stereocenters. The second-order valence-corrected chi connectivity index (χ2v) is 9.94. The number of rotatable bonds is 7. The summed E-state index contributed by atoms with van der Waals surface area (Å²) in [5.74, 6) is 1.50. The molecule has 4 aromatic rings. The number of halogens is 2. The van der Waals surface area contributed by atoms with Crippen molar-refractivity contribution in [3.8, 4) is 11.5 Å². The van der Waals surface area contributed by atoms with Gasteiger partial charge in [0.15, 0.2) is 11.5 Å². The Morgan fingerprint density at radius 1 is 1.08 bits per heavy atom. The molecule has 1 saturated carbocycles. The van der Waals surface area contributed by atoms with Gasteiger partial charge >= 0.3 is 0 Å². The molecule has 0 bridgehead atoms. The standard InChI is InChI=1S/C29H27BrFN3O3/c1-36-26-15-21(23(30)16-27(26)37-18-20-11-5-7-13-24(20)31)17-32-34-28(19-9-3-2-4-10-19)33-25-14-8-6-12-22(25)29(34)35/h5-8,11-17,19H,2-4,9-10,18H2,1H3. The SMILES string of the molecule is COc1cc(C=Nn2c(C3CCCCC3)nc3ccccc3c2=O)c(Br)cc1OCc1ccccc1F. The van der Waals surface area contributed by atoms with E-state index >= 15 is 0 Å². The van der Waals surface area contributed by atoms with E-state index in [0.717, 1.165) is 25.7 Å². The molecular weight excluding hydrogens is 537 g/mol. The van der Waals surface area contributed by atoms with E-state index in [2.05, 4.69) is 21.0 Å². The maximum atomic E-state index is 14.0. The number of nitrogens with zero attached hydrogens (tertiary/aromatic N) is 3. The van der Waals surface area contributed by atoms with Gasteiger partial charge in [0.1, 0.15) is 18.2 Å². The summed E-state index contributed by atoms with van der Waals surface area (Å²) in [6, 6.07) is 17.4. The summed E-state index contributed by atoms with van der Waals surface area (Å²) in [6.45, 7) is 0.0613. The molecule has 190 valence electrons. The molecule has 3 aromatic carbocycles. The van der Waals surface area contributed by atoms with Crippen molar-refractivity contribution in [2.75, 3.05) is 7.11 Å². The molecule has 0 spiro atoms. The van der Waals surface area contributed by atoms with Crippen LogP contribution in [-0.4, -0.2) is 23.0 Å². The second-order valence-electron chi connectivity index (χ2n) is 9.09. The lowest BCUT2D eigenvalue weighted by atomic mass is 9.88. The molecule has 0 N–H and O–H groups in total. The summed E-state index contributed by atoms with van der Waals surface area (Å²) >= 11 is 3.57.